The monoisotopic (exact) mass is 234 g/mol. The summed E-state index contributed by atoms with van der Waals surface area (Å²) in [6.07, 6.45) is 9.58. The zero-order valence-electron chi connectivity index (χ0n) is 11.4. The molecule has 0 aromatic rings. The normalized spacial score (nSPS) is 32.4. The Hall–Kier alpha value is -0.520. The van der Waals surface area contributed by atoms with Gasteiger partial charge in [-0.1, -0.05) is 26.7 Å². The molecule has 1 heterocycles. The second-order valence-electron chi connectivity index (χ2n) is 5.95. The van der Waals surface area contributed by atoms with E-state index in [-0.39, 0.29) is 0 Å². The molecule has 1 aliphatic heterocycles. The van der Waals surface area contributed by atoms with Gasteiger partial charge in [-0.15, -0.1) is 6.42 Å². The minimum absolute atomic E-state index is 0.325. The molecule has 3 atom stereocenters. The lowest BCUT2D eigenvalue weighted by molar-refractivity contribution is 0.0696. The first-order chi connectivity index (χ1) is 8.17. The van der Waals surface area contributed by atoms with E-state index >= 15 is 0 Å². The SMILES string of the molecule is C#CC(CC)N1CC(C2CC2)NCC1C(C)C. The minimum Gasteiger partial charge on any atom is -0.311 e. The molecule has 3 unspecified atom stereocenters. The first kappa shape index (κ1) is 12.9. The largest absolute Gasteiger partial charge is 0.311 e. The summed E-state index contributed by atoms with van der Waals surface area (Å²) < 4.78 is 0. The van der Waals surface area contributed by atoms with Gasteiger partial charge in [0.1, 0.15) is 0 Å². The first-order valence-corrected chi connectivity index (χ1v) is 7.12. The van der Waals surface area contributed by atoms with Crippen LogP contribution in [0, 0.1) is 24.2 Å². The average Bonchev–Trinajstić information content (AvgIpc) is 3.14. The Morgan fingerprint density at radius 2 is 2.12 bits per heavy atom. The summed E-state index contributed by atoms with van der Waals surface area (Å²) in [5.74, 6) is 4.57. The van der Waals surface area contributed by atoms with E-state index in [1.807, 2.05) is 0 Å². The van der Waals surface area contributed by atoms with Crippen LogP contribution in [-0.4, -0.2) is 36.1 Å². The molecular weight excluding hydrogens is 208 g/mol. The van der Waals surface area contributed by atoms with Crippen LogP contribution in [0.4, 0.5) is 0 Å². The number of nitrogens with zero attached hydrogens (tertiary/aromatic N) is 1. The quantitative estimate of drug-likeness (QED) is 0.750. The number of terminal acetylenes is 1. The highest BCUT2D eigenvalue weighted by atomic mass is 15.3. The minimum atomic E-state index is 0.325. The average molecular weight is 234 g/mol. The number of rotatable bonds is 4. The molecule has 0 aromatic heterocycles. The summed E-state index contributed by atoms with van der Waals surface area (Å²) in [4.78, 5) is 2.59. The van der Waals surface area contributed by atoms with Crippen molar-refractivity contribution >= 4 is 0 Å². The summed E-state index contributed by atoms with van der Waals surface area (Å²) in [7, 11) is 0. The van der Waals surface area contributed by atoms with Gasteiger partial charge in [0, 0.05) is 25.2 Å². The van der Waals surface area contributed by atoms with Gasteiger partial charge >= 0.3 is 0 Å². The van der Waals surface area contributed by atoms with Gasteiger partial charge in [0.25, 0.3) is 0 Å². The van der Waals surface area contributed by atoms with Gasteiger partial charge in [-0.05, 0) is 31.1 Å². The Morgan fingerprint density at radius 3 is 2.59 bits per heavy atom. The van der Waals surface area contributed by atoms with Crippen molar-refractivity contribution in [2.75, 3.05) is 13.1 Å². The molecular formula is C15H26N2. The Kier molecular flexibility index (Phi) is 4.12. The third-order valence-corrected chi connectivity index (χ3v) is 4.36. The lowest BCUT2D eigenvalue weighted by Crippen LogP contribution is -2.61. The van der Waals surface area contributed by atoms with Crippen molar-refractivity contribution in [3.63, 3.8) is 0 Å². The fourth-order valence-corrected chi connectivity index (χ4v) is 3.06. The van der Waals surface area contributed by atoms with Crippen LogP contribution in [0.5, 0.6) is 0 Å². The topological polar surface area (TPSA) is 15.3 Å². The predicted octanol–water partition coefficient (Wildman–Crippen LogP) is 2.11. The summed E-state index contributed by atoms with van der Waals surface area (Å²) in [5, 5.41) is 3.74. The van der Waals surface area contributed by atoms with Crippen LogP contribution < -0.4 is 5.32 Å². The Labute approximate surface area is 106 Å². The van der Waals surface area contributed by atoms with E-state index in [2.05, 4.69) is 36.9 Å². The van der Waals surface area contributed by atoms with E-state index in [0.717, 1.165) is 25.4 Å². The molecule has 1 saturated heterocycles. The molecule has 0 bridgehead atoms. The van der Waals surface area contributed by atoms with Crippen LogP contribution >= 0.6 is 0 Å². The van der Waals surface area contributed by atoms with Gasteiger partial charge in [0.05, 0.1) is 6.04 Å². The fraction of sp³-hybridized carbons (Fsp3) is 0.867. The van der Waals surface area contributed by atoms with Crippen molar-refractivity contribution in [1.82, 2.24) is 10.2 Å². The summed E-state index contributed by atoms with van der Waals surface area (Å²) >= 11 is 0. The number of nitrogens with one attached hydrogen (secondary N) is 1. The van der Waals surface area contributed by atoms with Crippen LogP contribution in [-0.2, 0) is 0 Å². The van der Waals surface area contributed by atoms with E-state index < -0.39 is 0 Å². The van der Waals surface area contributed by atoms with Crippen molar-refractivity contribution in [3.05, 3.63) is 0 Å². The van der Waals surface area contributed by atoms with Crippen LogP contribution in [0.1, 0.15) is 40.0 Å². The Bertz CT molecular complexity index is 288. The molecule has 1 N–H and O–H groups in total. The zero-order valence-corrected chi connectivity index (χ0v) is 11.4. The van der Waals surface area contributed by atoms with Crippen molar-refractivity contribution in [1.29, 1.82) is 0 Å². The first-order valence-electron chi connectivity index (χ1n) is 7.12. The number of piperazine rings is 1. The second-order valence-corrected chi connectivity index (χ2v) is 5.95. The molecule has 2 fully saturated rings. The van der Waals surface area contributed by atoms with Gasteiger partial charge in [-0.25, -0.2) is 0 Å². The molecule has 2 aliphatic rings. The summed E-state index contributed by atoms with van der Waals surface area (Å²) in [6, 6.07) is 1.61. The smallest absolute Gasteiger partial charge is 0.0712 e. The molecule has 0 spiro atoms. The predicted molar refractivity (Wildman–Crippen MR) is 72.8 cm³/mol. The van der Waals surface area contributed by atoms with Crippen LogP contribution in [0.25, 0.3) is 0 Å². The van der Waals surface area contributed by atoms with Crippen LogP contribution in [0.3, 0.4) is 0 Å². The van der Waals surface area contributed by atoms with E-state index in [9.17, 15) is 0 Å². The molecule has 0 radical (unpaired) electrons. The van der Waals surface area contributed by atoms with Gasteiger partial charge < -0.3 is 5.32 Å². The third-order valence-electron chi connectivity index (χ3n) is 4.36. The van der Waals surface area contributed by atoms with E-state index in [4.69, 9.17) is 6.42 Å². The maximum Gasteiger partial charge on any atom is 0.0712 e. The highest BCUT2D eigenvalue weighted by Gasteiger charge is 2.39. The standard InChI is InChI=1S/C15H26N2/c1-5-13(6-2)17-10-14(12-7-8-12)16-9-15(17)11(3)4/h1,11-16H,6-10H2,2-4H3. The molecule has 1 saturated carbocycles. The van der Waals surface area contributed by atoms with Crippen molar-refractivity contribution in [2.24, 2.45) is 11.8 Å². The van der Waals surface area contributed by atoms with Gasteiger partial charge in [0.2, 0.25) is 0 Å². The molecule has 96 valence electrons. The molecule has 2 heteroatoms. The van der Waals surface area contributed by atoms with Gasteiger partial charge in [0.15, 0.2) is 0 Å². The molecule has 0 aromatic carbocycles. The lowest BCUT2D eigenvalue weighted by atomic mass is 9.94. The third kappa shape index (κ3) is 2.84. The highest BCUT2D eigenvalue weighted by Crippen LogP contribution is 2.35. The zero-order chi connectivity index (χ0) is 12.4. The van der Waals surface area contributed by atoms with Crippen molar-refractivity contribution < 1.29 is 0 Å². The summed E-state index contributed by atoms with van der Waals surface area (Å²) in [5.41, 5.74) is 0. The Balaban J connectivity index is 2.06. The summed E-state index contributed by atoms with van der Waals surface area (Å²) in [6.45, 7) is 9.07. The molecule has 2 rings (SSSR count). The van der Waals surface area contributed by atoms with E-state index in [1.54, 1.807) is 0 Å². The van der Waals surface area contributed by atoms with Crippen LogP contribution in [0.2, 0.25) is 0 Å². The van der Waals surface area contributed by atoms with E-state index in [1.165, 1.54) is 12.8 Å². The van der Waals surface area contributed by atoms with Gasteiger partial charge in [-0.3, -0.25) is 4.90 Å². The molecule has 17 heavy (non-hydrogen) atoms. The molecule has 0 amide bonds. The number of hydrogen-bond acceptors (Lipinski definition) is 2. The van der Waals surface area contributed by atoms with Crippen molar-refractivity contribution in [3.8, 4) is 12.3 Å². The van der Waals surface area contributed by atoms with Crippen molar-refractivity contribution in [2.45, 2.75) is 58.2 Å². The second kappa shape index (κ2) is 5.42. The van der Waals surface area contributed by atoms with Crippen LogP contribution in [0.15, 0.2) is 0 Å². The molecule has 2 nitrogen and oxygen atoms in total. The van der Waals surface area contributed by atoms with Gasteiger partial charge in [-0.2, -0.15) is 0 Å². The number of hydrogen-bond donors (Lipinski definition) is 1. The fourth-order valence-electron chi connectivity index (χ4n) is 3.06. The van der Waals surface area contributed by atoms with E-state index in [0.29, 0.717) is 24.0 Å². The molecule has 1 aliphatic carbocycles. The Morgan fingerprint density at radius 1 is 1.41 bits per heavy atom. The maximum atomic E-state index is 5.70. The highest BCUT2D eigenvalue weighted by molar-refractivity contribution is 5.05. The maximum absolute atomic E-state index is 5.70. The lowest BCUT2D eigenvalue weighted by Gasteiger charge is -2.45.